The van der Waals surface area contributed by atoms with Crippen LogP contribution in [0.15, 0.2) is 105 Å². The summed E-state index contributed by atoms with van der Waals surface area (Å²) in [6.45, 7) is 1.93. The summed E-state index contributed by atoms with van der Waals surface area (Å²) in [5.41, 5.74) is 2.20. The lowest BCUT2D eigenvalue weighted by atomic mass is 9.93. The highest BCUT2D eigenvalue weighted by molar-refractivity contribution is 7.07. The van der Waals surface area contributed by atoms with Crippen LogP contribution in [-0.2, 0) is 9.53 Å². The highest BCUT2D eigenvalue weighted by Crippen LogP contribution is 2.40. The van der Waals surface area contributed by atoms with Crippen LogP contribution in [-0.4, -0.2) is 28.9 Å². The highest BCUT2D eigenvalue weighted by Gasteiger charge is 2.36. The van der Waals surface area contributed by atoms with Gasteiger partial charge in [-0.3, -0.25) is 19.5 Å². The van der Waals surface area contributed by atoms with Crippen LogP contribution >= 0.6 is 11.3 Å². The van der Waals surface area contributed by atoms with E-state index in [1.165, 1.54) is 28.0 Å². The molecule has 5 aromatic rings. The molecule has 0 amide bonds. The first-order chi connectivity index (χ1) is 21.9. The van der Waals surface area contributed by atoms with Gasteiger partial charge >= 0.3 is 5.97 Å². The zero-order valence-corrected chi connectivity index (χ0v) is 24.5. The quantitative estimate of drug-likeness (QED) is 0.143. The molecule has 2 aromatic heterocycles. The lowest BCUT2D eigenvalue weighted by molar-refractivity contribution is -0.384. The lowest BCUT2D eigenvalue weighted by Gasteiger charge is -2.26. The summed E-state index contributed by atoms with van der Waals surface area (Å²) in [5, 5.41) is 11.0. The Morgan fingerprint density at radius 1 is 1.04 bits per heavy atom. The van der Waals surface area contributed by atoms with Crippen molar-refractivity contribution in [2.45, 2.75) is 13.0 Å². The molecule has 2 aliphatic heterocycles. The van der Waals surface area contributed by atoms with Crippen LogP contribution in [0.1, 0.15) is 29.9 Å². The van der Waals surface area contributed by atoms with Gasteiger partial charge in [0.1, 0.15) is 11.5 Å². The number of fused-ring (bicyclic) bond motifs is 2. The van der Waals surface area contributed by atoms with Crippen molar-refractivity contribution in [2.75, 3.05) is 13.4 Å². The predicted octanol–water partition coefficient (Wildman–Crippen LogP) is 4.83. The molecule has 0 saturated heterocycles. The number of thiazole rings is 1. The molecule has 7 rings (SSSR count). The van der Waals surface area contributed by atoms with Gasteiger partial charge in [-0.25, -0.2) is 9.79 Å². The van der Waals surface area contributed by atoms with Crippen LogP contribution in [0.3, 0.4) is 0 Å². The maximum Gasteiger partial charge on any atom is 0.338 e. The summed E-state index contributed by atoms with van der Waals surface area (Å²) in [5.74, 6) is 1.37. The van der Waals surface area contributed by atoms with Crippen molar-refractivity contribution in [3.8, 4) is 22.8 Å². The van der Waals surface area contributed by atoms with Crippen LogP contribution in [0.5, 0.6) is 11.5 Å². The fourth-order valence-electron chi connectivity index (χ4n) is 5.30. The van der Waals surface area contributed by atoms with Gasteiger partial charge in [-0.15, -0.1) is 0 Å². The third-order valence-corrected chi connectivity index (χ3v) is 8.33. The Morgan fingerprint density at radius 2 is 1.82 bits per heavy atom. The second-order valence-electron chi connectivity index (χ2n) is 10.1. The first kappa shape index (κ1) is 28.0. The zero-order chi connectivity index (χ0) is 31.1. The summed E-state index contributed by atoms with van der Waals surface area (Å²) in [6, 6.07) is 23.2. The van der Waals surface area contributed by atoms with Crippen LogP contribution in [0.25, 0.3) is 23.1 Å². The largest absolute Gasteiger partial charge is 0.463 e. The minimum atomic E-state index is -0.876. The van der Waals surface area contributed by atoms with Crippen molar-refractivity contribution in [2.24, 2.45) is 4.99 Å². The number of esters is 1. The molecule has 4 heterocycles. The molecule has 12 heteroatoms. The number of carbonyl (C=O) groups is 1. The van der Waals surface area contributed by atoms with Gasteiger partial charge in [0, 0.05) is 29.3 Å². The number of nitro benzene ring substituents is 1. The van der Waals surface area contributed by atoms with Crippen LogP contribution in [0.4, 0.5) is 5.69 Å². The molecular weight excluding hydrogens is 598 g/mol. The van der Waals surface area contributed by atoms with Crippen molar-refractivity contribution in [1.82, 2.24) is 4.57 Å². The Hall–Kier alpha value is -5.75. The fourth-order valence-corrected chi connectivity index (χ4v) is 6.28. The predicted molar refractivity (Wildman–Crippen MR) is 164 cm³/mol. The number of nitro groups is 1. The van der Waals surface area contributed by atoms with Gasteiger partial charge in [-0.2, -0.15) is 0 Å². The Kier molecular flexibility index (Phi) is 7.10. The molecule has 45 heavy (non-hydrogen) atoms. The molecule has 0 fully saturated rings. The van der Waals surface area contributed by atoms with E-state index in [4.69, 9.17) is 23.6 Å². The smallest absolute Gasteiger partial charge is 0.338 e. The number of carbonyl (C=O) groups excluding carboxylic acids is 1. The van der Waals surface area contributed by atoms with Gasteiger partial charge < -0.3 is 18.6 Å². The van der Waals surface area contributed by atoms with E-state index in [-0.39, 0.29) is 30.2 Å². The molecule has 0 saturated carbocycles. The number of nitrogens with zero attached hydrogens (tertiary/aromatic N) is 3. The molecular formula is C33H23N3O8S. The summed E-state index contributed by atoms with van der Waals surface area (Å²) in [4.78, 5) is 43.6. The number of ether oxygens (including phenoxy) is 3. The normalized spacial score (nSPS) is 15.5. The number of furan rings is 1. The SMILES string of the molecule is CCOC(=O)C1=C(c2ccccc2)N=c2s/c(=C\c3ccc(-c4ccc([N+](=O)[O-])cc4)o3)c(=O)n2C1c1ccc2c(c1)OCO2. The average molecular weight is 622 g/mol. The molecule has 0 aliphatic carbocycles. The topological polar surface area (TPSA) is 135 Å². The molecule has 0 spiro atoms. The third-order valence-electron chi connectivity index (χ3n) is 7.35. The van der Waals surface area contributed by atoms with E-state index in [1.54, 1.807) is 55.5 Å². The van der Waals surface area contributed by atoms with Crippen molar-refractivity contribution in [3.63, 3.8) is 0 Å². The lowest BCUT2D eigenvalue weighted by Crippen LogP contribution is -2.40. The van der Waals surface area contributed by atoms with Gasteiger partial charge in [0.05, 0.1) is 33.4 Å². The van der Waals surface area contributed by atoms with E-state index in [0.29, 0.717) is 54.7 Å². The maximum absolute atomic E-state index is 14.1. The van der Waals surface area contributed by atoms with Crippen molar-refractivity contribution in [3.05, 3.63) is 137 Å². The van der Waals surface area contributed by atoms with E-state index >= 15 is 0 Å². The Labute approximate surface area is 258 Å². The minimum Gasteiger partial charge on any atom is -0.463 e. The monoisotopic (exact) mass is 621 g/mol. The second-order valence-corrected chi connectivity index (χ2v) is 11.1. The number of benzene rings is 3. The van der Waals surface area contributed by atoms with Crippen LogP contribution < -0.4 is 24.4 Å². The van der Waals surface area contributed by atoms with Crippen LogP contribution in [0, 0.1) is 10.1 Å². The number of non-ortho nitro benzene ring substituents is 1. The van der Waals surface area contributed by atoms with E-state index in [1.807, 2.05) is 30.3 Å². The van der Waals surface area contributed by atoms with Gasteiger partial charge in [-0.1, -0.05) is 47.7 Å². The number of hydrogen-bond donors (Lipinski definition) is 0. The van der Waals surface area contributed by atoms with Gasteiger partial charge in [-0.05, 0) is 48.9 Å². The third kappa shape index (κ3) is 5.10. The molecule has 224 valence electrons. The molecule has 0 N–H and O–H groups in total. The van der Waals surface area contributed by atoms with Gasteiger partial charge in [0.2, 0.25) is 6.79 Å². The van der Waals surface area contributed by atoms with Crippen molar-refractivity contribution in [1.29, 1.82) is 0 Å². The van der Waals surface area contributed by atoms with Crippen molar-refractivity contribution < 1.29 is 28.3 Å². The molecule has 0 radical (unpaired) electrons. The van der Waals surface area contributed by atoms with E-state index in [2.05, 4.69) is 0 Å². The van der Waals surface area contributed by atoms with E-state index < -0.39 is 16.9 Å². The van der Waals surface area contributed by atoms with Crippen molar-refractivity contribution >= 4 is 34.8 Å². The summed E-state index contributed by atoms with van der Waals surface area (Å²) >= 11 is 1.17. The Bertz CT molecular complexity index is 2180. The Morgan fingerprint density at radius 3 is 2.58 bits per heavy atom. The number of rotatable bonds is 7. The van der Waals surface area contributed by atoms with E-state index in [9.17, 15) is 19.7 Å². The van der Waals surface area contributed by atoms with Gasteiger partial charge in [0.25, 0.3) is 11.2 Å². The summed E-state index contributed by atoms with van der Waals surface area (Å²) in [7, 11) is 0. The number of hydrogen-bond acceptors (Lipinski definition) is 10. The van der Waals surface area contributed by atoms with Gasteiger partial charge in [0.15, 0.2) is 16.3 Å². The fraction of sp³-hybridized carbons (Fsp3) is 0.121. The second kappa shape index (κ2) is 11.4. The van der Waals surface area contributed by atoms with Crippen LogP contribution in [0.2, 0.25) is 0 Å². The zero-order valence-electron chi connectivity index (χ0n) is 23.7. The standard InChI is InChI=1S/C33H23N3O8S/c1-2-41-32(38)28-29(20-6-4-3-5-7-20)34-33-35(30(28)21-10-14-25-26(16-21)43-18-42-25)31(37)27(45-33)17-23-13-15-24(44-23)19-8-11-22(12-9-19)36(39)40/h3-17,30H,2,18H2,1H3/b27-17-. The minimum absolute atomic E-state index is 0.0271. The first-order valence-corrected chi connectivity index (χ1v) is 14.8. The molecule has 11 nitrogen and oxygen atoms in total. The summed E-state index contributed by atoms with van der Waals surface area (Å²) < 4.78 is 24.5. The summed E-state index contributed by atoms with van der Waals surface area (Å²) in [6.07, 6.45) is 1.62. The number of aromatic nitrogens is 1. The molecule has 1 atom stereocenters. The first-order valence-electron chi connectivity index (χ1n) is 13.9. The highest BCUT2D eigenvalue weighted by atomic mass is 32.1. The Balaban J connectivity index is 1.40. The molecule has 3 aromatic carbocycles. The maximum atomic E-state index is 14.1. The molecule has 2 aliphatic rings. The average Bonchev–Trinajstić information content (AvgIpc) is 3.80. The molecule has 1 unspecified atom stereocenters. The van der Waals surface area contributed by atoms with E-state index in [0.717, 1.165) is 0 Å². The molecule has 0 bridgehead atoms.